The van der Waals surface area contributed by atoms with Gasteiger partial charge in [-0.05, 0) is 13.1 Å². The Kier molecular flexibility index (Phi) is 6.71. The third-order valence-electron chi connectivity index (χ3n) is 5.47. The van der Waals surface area contributed by atoms with E-state index in [4.69, 9.17) is 4.74 Å². The molecule has 2 aromatic rings. The molecule has 32 heavy (non-hydrogen) atoms. The number of hydrogen-bond acceptors (Lipinski definition) is 10. The number of piperazine rings is 1. The van der Waals surface area contributed by atoms with E-state index < -0.39 is 10.7 Å². The monoisotopic (exact) mass is 444 g/mol. The van der Waals surface area contributed by atoms with Gasteiger partial charge >= 0.3 is 0 Å². The van der Waals surface area contributed by atoms with E-state index in [0.29, 0.717) is 31.9 Å². The standard InChI is InChI=1S/C20H25FN8O3/c1-26-4-6-27(7-5-26)18-3-2-16(29(30)31)12-15(18)13-23-25-20-22-14-17(21)19(24-20)28-8-10-32-11-9-28/h2-3,12-14H,4-11H2,1H3,(H,22,24,25)/b23-13+. The summed E-state index contributed by atoms with van der Waals surface area (Å²) >= 11 is 0. The van der Waals surface area contributed by atoms with Crippen LogP contribution in [0.2, 0.25) is 0 Å². The van der Waals surface area contributed by atoms with Gasteiger partial charge in [0.05, 0.1) is 30.5 Å². The highest BCUT2D eigenvalue weighted by molar-refractivity contribution is 5.89. The summed E-state index contributed by atoms with van der Waals surface area (Å²) in [4.78, 5) is 25.2. The smallest absolute Gasteiger partial charge is 0.270 e. The highest BCUT2D eigenvalue weighted by Crippen LogP contribution is 2.25. The van der Waals surface area contributed by atoms with Crippen molar-refractivity contribution in [2.45, 2.75) is 0 Å². The van der Waals surface area contributed by atoms with Crippen LogP contribution in [0.25, 0.3) is 0 Å². The van der Waals surface area contributed by atoms with Crippen LogP contribution in [0.15, 0.2) is 29.5 Å². The first-order chi connectivity index (χ1) is 15.5. The van der Waals surface area contributed by atoms with Crippen molar-refractivity contribution in [3.8, 4) is 0 Å². The first-order valence-electron chi connectivity index (χ1n) is 10.4. The van der Waals surface area contributed by atoms with Crippen LogP contribution in [0.4, 0.5) is 27.5 Å². The fourth-order valence-corrected chi connectivity index (χ4v) is 3.66. The molecule has 0 radical (unpaired) electrons. The average molecular weight is 444 g/mol. The van der Waals surface area contributed by atoms with E-state index in [2.05, 4.69) is 37.3 Å². The molecular weight excluding hydrogens is 419 g/mol. The molecule has 1 N–H and O–H groups in total. The Balaban J connectivity index is 1.53. The molecule has 3 heterocycles. The van der Waals surface area contributed by atoms with Crippen LogP contribution >= 0.6 is 0 Å². The van der Waals surface area contributed by atoms with Gasteiger partial charge in [0.15, 0.2) is 11.6 Å². The second kappa shape index (κ2) is 9.83. The van der Waals surface area contributed by atoms with Crippen LogP contribution in [0.3, 0.4) is 0 Å². The van der Waals surface area contributed by atoms with Gasteiger partial charge in [0.25, 0.3) is 5.69 Å². The predicted molar refractivity (Wildman–Crippen MR) is 119 cm³/mol. The minimum Gasteiger partial charge on any atom is -0.378 e. The Hall–Kier alpha value is -3.38. The molecule has 0 saturated carbocycles. The minimum atomic E-state index is -0.516. The van der Waals surface area contributed by atoms with E-state index in [1.807, 2.05) is 0 Å². The average Bonchev–Trinajstić information content (AvgIpc) is 2.81. The summed E-state index contributed by atoms with van der Waals surface area (Å²) in [5.41, 5.74) is 4.16. The Labute approximate surface area is 184 Å². The van der Waals surface area contributed by atoms with Gasteiger partial charge < -0.3 is 19.4 Å². The molecule has 1 aromatic heterocycles. The third kappa shape index (κ3) is 5.08. The number of morpholine rings is 1. The molecule has 2 fully saturated rings. The lowest BCUT2D eigenvalue weighted by Gasteiger charge is -2.34. The number of nitrogens with one attached hydrogen (secondary N) is 1. The van der Waals surface area contributed by atoms with Gasteiger partial charge in [-0.1, -0.05) is 0 Å². The van der Waals surface area contributed by atoms with E-state index in [0.717, 1.165) is 38.1 Å². The zero-order valence-corrected chi connectivity index (χ0v) is 17.8. The van der Waals surface area contributed by atoms with Crippen LogP contribution in [-0.2, 0) is 4.74 Å². The molecule has 170 valence electrons. The maximum atomic E-state index is 14.2. The largest absolute Gasteiger partial charge is 0.378 e. The SMILES string of the molecule is CN1CCN(c2ccc([N+](=O)[O-])cc2/C=N/Nc2ncc(F)c(N3CCOCC3)n2)CC1. The predicted octanol–water partition coefficient (Wildman–Crippen LogP) is 1.56. The van der Waals surface area contributed by atoms with Crippen LogP contribution < -0.4 is 15.2 Å². The summed E-state index contributed by atoms with van der Waals surface area (Å²) < 4.78 is 19.5. The van der Waals surface area contributed by atoms with E-state index in [9.17, 15) is 14.5 Å². The molecule has 0 aliphatic carbocycles. The van der Waals surface area contributed by atoms with E-state index >= 15 is 0 Å². The van der Waals surface area contributed by atoms with Crippen molar-refractivity contribution < 1.29 is 14.1 Å². The molecule has 2 saturated heterocycles. The number of nitro benzene ring substituents is 1. The highest BCUT2D eigenvalue weighted by Gasteiger charge is 2.20. The third-order valence-corrected chi connectivity index (χ3v) is 5.47. The number of rotatable bonds is 6. The number of anilines is 3. The van der Waals surface area contributed by atoms with Crippen LogP contribution in [-0.4, -0.2) is 85.5 Å². The molecule has 4 rings (SSSR count). The minimum absolute atomic E-state index is 0.0167. The van der Waals surface area contributed by atoms with Crippen molar-refractivity contribution >= 4 is 29.4 Å². The van der Waals surface area contributed by atoms with Crippen LogP contribution in [0.5, 0.6) is 0 Å². The van der Waals surface area contributed by atoms with Crippen molar-refractivity contribution in [3.05, 3.63) is 45.9 Å². The summed E-state index contributed by atoms with van der Waals surface area (Å²) in [5.74, 6) is -0.192. The number of likely N-dealkylation sites (N-methyl/N-ethyl adjacent to an activating group) is 1. The molecule has 0 atom stereocenters. The number of hydrazone groups is 1. The zero-order chi connectivity index (χ0) is 22.5. The quantitative estimate of drug-likeness (QED) is 0.403. The van der Waals surface area contributed by atoms with Gasteiger partial charge in [0.2, 0.25) is 5.95 Å². The molecule has 11 nitrogen and oxygen atoms in total. The molecule has 1 aromatic carbocycles. The maximum Gasteiger partial charge on any atom is 0.270 e. The van der Waals surface area contributed by atoms with E-state index in [-0.39, 0.29) is 17.5 Å². The number of ether oxygens (including phenoxy) is 1. The molecule has 2 aliphatic heterocycles. The number of hydrogen-bond donors (Lipinski definition) is 1. The number of halogens is 1. The first kappa shape index (κ1) is 21.8. The fourth-order valence-electron chi connectivity index (χ4n) is 3.66. The lowest BCUT2D eigenvalue weighted by atomic mass is 10.1. The van der Waals surface area contributed by atoms with Gasteiger partial charge in [-0.25, -0.2) is 14.8 Å². The van der Waals surface area contributed by atoms with Crippen molar-refractivity contribution in [1.29, 1.82) is 0 Å². The molecule has 0 unspecified atom stereocenters. The maximum absolute atomic E-state index is 14.2. The number of aromatic nitrogens is 2. The first-order valence-corrected chi connectivity index (χ1v) is 10.4. The summed E-state index contributed by atoms with van der Waals surface area (Å²) in [6, 6.07) is 4.73. The number of nitro groups is 1. The molecule has 0 bridgehead atoms. The second-order valence-corrected chi connectivity index (χ2v) is 7.63. The van der Waals surface area contributed by atoms with Crippen molar-refractivity contribution in [2.75, 3.05) is 74.8 Å². The number of non-ortho nitro benzene ring substituents is 1. The van der Waals surface area contributed by atoms with Gasteiger partial charge in [-0.15, -0.1) is 0 Å². The van der Waals surface area contributed by atoms with Crippen LogP contribution in [0, 0.1) is 15.9 Å². The van der Waals surface area contributed by atoms with Gasteiger partial charge in [-0.3, -0.25) is 10.1 Å². The van der Waals surface area contributed by atoms with Crippen molar-refractivity contribution in [1.82, 2.24) is 14.9 Å². The molecule has 2 aliphatic rings. The van der Waals surface area contributed by atoms with Gasteiger partial charge in [-0.2, -0.15) is 10.1 Å². The Bertz CT molecular complexity index is 991. The van der Waals surface area contributed by atoms with Crippen molar-refractivity contribution in [2.24, 2.45) is 5.10 Å². The molecular formula is C20H25FN8O3. The normalized spacial score (nSPS) is 17.7. The number of benzene rings is 1. The van der Waals surface area contributed by atoms with E-state index in [1.54, 1.807) is 11.0 Å². The Morgan fingerprint density at radius 1 is 1.19 bits per heavy atom. The topological polar surface area (TPSA) is 112 Å². The summed E-state index contributed by atoms with van der Waals surface area (Å²) in [6.45, 7) is 5.52. The van der Waals surface area contributed by atoms with Gasteiger partial charge in [0.1, 0.15) is 0 Å². The molecule has 12 heteroatoms. The molecule has 0 spiro atoms. The Morgan fingerprint density at radius 3 is 2.66 bits per heavy atom. The molecule has 0 amide bonds. The van der Waals surface area contributed by atoms with Crippen molar-refractivity contribution in [3.63, 3.8) is 0 Å². The van der Waals surface area contributed by atoms with Gasteiger partial charge in [0, 0.05) is 62.7 Å². The van der Waals surface area contributed by atoms with E-state index in [1.165, 1.54) is 18.3 Å². The second-order valence-electron chi connectivity index (χ2n) is 7.63. The summed E-state index contributed by atoms with van der Waals surface area (Å²) in [5, 5.41) is 15.4. The Morgan fingerprint density at radius 2 is 1.94 bits per heavy atom. The lowest BCUT2D eigenvalue weighted by Crippen LogP contribution is -2.44. The van der Waals surface area contributed by atoms with Crippen LogP contribution in [0.1, 0.15) is 5.56 Å². The lowest BCUT2D eigenvalue weighted by molar-refractivity contribution is -0.384. The zero-order valence-electron chi connectivity index (χ0n) is 17.8. The fraction of sp³-hybridized carbons (Fsp3) is 0.450. The highest BCUT2D eigenvalue weighted by atomic mass is 19.1. The summed E-state index contributed by atoms with van der Waals surface area (Å²) in [7, 11) is 2.06. The number of nitrogens with zero attached hydrogens (tertiary/aromatic N) is 7. The summed E-state index contributed by atoms with van der Waals surface area (Å²) in [6.07, 6.45) is 2.60.